The molecule has 17 nitrogen and oxygen atoms in total. The average molecular weight is 868 g/mol. The predicted octanol–water partition coefficient (Wildman–Crippen LogP) is 6.47. The molecule has 0 amide bonds. The van der Waals surface area contributed by atoms with Gasteiger partial charge in [-0.25, -0.2) is 24.5 Å². The topological polar surface area (TPSA) is 241 Å². The van der Waals surface area contributed by atoms with E-state index in [0.717, 1.165) is 12.8 Å². The molecule has 61 heavy (non-hydrogen) atoms. The molecule has 0 radical (unpaired) electrons. The van der Waals surface area contributed by atoms with Crippen molar-refractivity contribution in [1.82, 2.24) is 28.7 Å². The second-order valence-electron chi connectivity index (χ2n) is 17.1. The van der Waals surface area contributed by atoms with Crippen LogP contribution in [0.1, 0.15) is 149 Å². The number of aromatic carboxylic acids is 1. The summed E-state index contributed by atoms with van der Waals surface area (Å²) in [5.41, 5.74) is 5.46. The van der Waals surface area contributed by atoms with Gasteiger partial charge in [0.1, 0.15) is 17.0 Å². The van der Waals surface area contributed by atoms with Crippen LogP contribution in [0.15, 0.2) is 18.6 Å². The Morgan fingerprint density at radius 3 is 1.26 bits per heavy atom. The highest BCUT2D eigenvalue weighted by molar-refractivity contribution is 5.94. The fraction of sp³-hybridized carbons (Fsp3) is 0.634. The first-order chi connectivity index (χ1) is 28.0. The van der Waals surface area contributed by atoms with E-state index >= 15 is 0 Å². The van der Waals surface area contributed by atoms with Gasteiger partial charge in [0.2, 0.25) is 5.82 Å². The van der Waals surface area contributed by atoms with Crippen LogP contribution in [0.25, 0.3) is 0 Å². The Bertz CT molecular complexity index is 1980. The summed E-state index contributed by atoms with van der Waals surface area (Å²) in [5.74, 6) is -2.08. The van der Waals surface area contributed by atoms with Crippen molar-refractivity contribution in [2.24, 2.45) is 33.0 Å². The van der Waals surface area contributed by atoms with Crippen molar-refractivity contribution in [2.45, 2.75) is 136 Å². The van der Waals surface area contributed by atoms with Crippen molar-refractivity contribution in [3.63, 3.8) is 0 Å². The largest absolute Gasteiger partial charge is 0.490 e. The minimum atomic E-state index is -5.08. The van der Waals surface area contributed by atoms with Crippen molar-refractivity contribution < 1.29 is 61.6 Å². The number of nitrogen functional groups attached to an aromatic ring is 1. The molecule has 2 aliphatic rings. The quantitative estimate of drug-likeness (QED) is 0.138. The third-order valence-corrected chi connectivity index (χ3v) is 9.07. The molecule has 5 rings (SSSR count). The van der Waals surface area contributed by atoms with Crippen LogP contribution in [-0.2, 0) is 57.8 Å². The number of ketones is 2. The highest BCUT2D eigenvalue weighted by Crippen LogP contribution is 2.29. The number of anilines is 1. The molecule has 3 heterocycles. The van der Waals surface area contributed by atoms with Crippen LogP contribution in [0.4, 0.5) is 19.0 Å². The van der Waals surface area contributed by atoms with Crippen LogP contribution < -0.4 is 5.73 Å². The number of carboxylic acid groups (broad SMARTS) is 2. The molecule has 2 fully saturated rings. The van der Waals surface area contributed by atoms with E-state index in [4.69, 9.17) is 30.2 Å². The zero-order valence-electron chi connectivity index (χ0n) is 36.4. The van der Waals surface area contributed by atoms with Gasteiger partial charge < -0.3 is 39.1 Å². The van der Waals surface area contributed by atoms with Gasteiger partial charge in [0.25, 0.3) is 0 Å². The summed E-state index contributed by atoms with van der Waals surface area (Å²) in [4.78, 5) is 79.5. The third kappa shape index (κ3) is 19.1. The van der Waals surface area contributed by atoms with E-state index in [-0.39, 0.29) is 36.2 Å². The maximum atomic E-state index is 12.3. The monoisotopic (exact) mass is 867 g/mol. The fourth-order valence-electron chi connectivity index (χ4n) is 6.62. The van der Waals surface area contributed by atoms with Crippen molar-refractivity contribution in [3.05, 3.63) is 47.5 Å². The number of rotatable bonds is 11. The van der Waals surface area contributed by atoms with Crippen LogP contribution in [0.5, 0.6) is 0 Å². The van der Waals surface area contributed by atoms with Crippen LogP contribution in [0.2, 0.25) is 0 Å². The number of carboxylic acids is 2. The molecule has 0 spiro atoms. The first-order valence-corrected chi connectivity index (χ1v) is 19.9. The molecule has 2 saturated carbocycles. The number of Topliss-reactive ketones (excluding diaryl/α,β-unsaturated/α-hetero) is 2. The molecule has 0 aromatic carbocycles. The van der Waals surface area contributed by atoms with Crippen molar-refractivity contribution in [1.29, 1.82) is 0 Å². The first-order valence-electron chi connectivity index (χ1n) is 19.9. The van der Waals surface area contributed by atoms with E-state index < -0.39 is 35.3 Å². The third-order valence-electron chi connectivity index (χ3n) is 9.07. The minimum absolute atomic E-state index is 0.0294. The summed E-state index contributed by atoms with van der Waals surface area (Å²) < 4.78 is 46.9. The van der Waals surface area contributed by atoms with Gasteiger partial charge in [0.05, 0.1) is 24.2 Å². The smallest absolute Gasteiger partial charge is 0.475 e. The predicted molar refractivity (Wildman–Crippen MR) is 216 cm³/mol. The Morgan fingerprint density at radius 1 is 0.639 bits per heavy atom. The number of carbonyl (C=O) groups excluding carboxylic acids is 4. The number of halogens is 3. The normalized spacial score (nSPS) is 14.4. The molecule has 0 saturated heterocycles. The summed E-state index contributed by atoms with van der Waals surface area (Å²) in [7, 11) is 5.17. The number of aliphatic carboxylic acids is 1. The second kappa shape index (κ2) is 22.3. The number of ether oxygens (including phenoxy) is 2. The summed E-state index contributed by atoms with van der Waals surface area (Å²) in [6.45, 7) is 10.8. The van der Waals surface area contributed by atoms with Crippen LogP contribution >= 0.6 is 0 Å². The van der Waals surface area contributed by atoms with Gasteiger partial charge in [-0.05, 0) is 53.4 Å². The zero-order chi connectivity index (χ0) is 46.5. The van der Waals surface area contributed by atoms with Gasteiger partial charge in [0.15, 0.2) is 23.2 Å². The molecular formula is C41H60F3N7O10. The Labute approximate surface area is 353 Å². The lowest BCUT2D eigenvalue weighted by Gasteiger charge is -2.18. The van der Waals surface area contributed by atoms with Gasteiger partial charge in [-0.2, -0.15) is 13.2 Å². The van der Waals surface area contributed by atoms with Gasteiger partial charge in [-0.1, -0.05) is 51.4 Å². The molecule has 4 N–H and O–H groups in total. The van der Waals surface area contributed by atoms with E-state index in [1.165, 1.54) is 49.3 Å². The van der Waals surface area contributed by atoms with Crippen LogP contribution in [-0.4, -0.2) is 91.7 Å². The summed E-state index contributed by atoms with van der Waals surface area (Å²) in [6.07, 6.45) is 10.7. The molecule has 0 unspecified atom stereocenters. The van der Waals surface area contributed by atoms with Gasteiger partial charge in [-0.15, -0.1) is 0 Å². The molecule has 20 heteroatoms. The minimum Gasteiger partial charge on any atom is -0.475 e. The number of alkyl halides is 3. The molecular weight excluding hydrogens is 807 g/mol. The lowest BCUT2D eigenvalue weighted by atomic mass is 10.0. The Hall–Kier alpha value is -5.56. The Balaban J connectivity index is 0.000000297. The number of aryl methyl sites for hydroxylation is 3. The van der Waals surface area contributed by atoms with E-state index in [1.807, 2.05) is 27.8 Å². The SMILES string of the molecule is Cn1cc(CC(=O)OC(C)(C)C)nc1C(=O)CC1CCCC1.Cn1cc(CC(=O)OC(C)(C)C)nc1C(=O)O.Cn1cc(N)nc1C(=O)CC1CCCC1.O=C(O)C(F)(F)F. The van der Waals surface area contributed by atoms with Gasteiger partial charge in [-0.3, -0.25) is 19.2 Å². The lowest BCUT2D eigenvalue weighted by molar-refractivity contribution is -0.192. The summed E-state index contributed by atoms with van der Waals surface area (Å²) >= 11 is 0. The Morgan fingerprint density at radius 2 is 0.967 bits per heavy atom. The number of carbonyl (C=O) groups is 6. The Kier molecular flexibility index (Phi) is 18.9. The van der Waals surface area contributed by atoms with Gasteiger partial charge >= 0.3 is 30.1 Å². The molecule has 0 atom stereocenters. The van der Waals surface area contributed by atoms with E-state index in [0.29, 0.717) is 53.5 Å². The van der Waals surface area contributed by atoms with E-state index in [9.17, 15) is 37.1 Å². The molecule has 0 aliphatic heterocycles. The summed E-state index contributed by atoms with van der Waals surface area (Å²) in [6, 6.07) is 0. The average Bonchev–Trinajstić information content (AvgIpc) is 3.94. The molecule has 3 aromatic rings. The van der Waals surface area contributed by atoms with Gasteiger partial charge in [0, 0.05) is 52.6 Å². The molecule has 3 aromatic heterocycles. The molecule has 0 bridgehead atoms. The van der Waals surface area contributed by atoms with Crippen molar-refractivity contribution in [3.8, 4) is 0 Å². The molecule has 340 valence electrons. The number of nitrogens with zero attached hydrogens (tertiary/aromatic N) is 6. The highest BCUT2D eigenvalue weighted by atomic mass is 19.4. The number of aromatic nitrogens is 6. The highest BCUT2D eigenvalue weighted by Gasteiger charge is 2.38. The fourth-order valence-corrected chi connectivity index (χ4v) is 6.62. The van der Waals surface area contributed by atoms with Crippen molar-refractivity contribution >= 4 is 41.3 Å². The maximum absolute atomic E-state index is 12.3. The zero-order valence-corrected chi connectivity index (χ0v) is 36.4. The maximum Gasteiger partial charge on any atom is 0.490 e. The van der Waals surface area contributed by atoms with E-state index in [2.05, 4.69) is 15.0 Å². The standard InChI is InChI=1S/C17H26N2O3.C11H17N3O.C11H16N2O4.C2HF3O2/c1-17(2,3)22-15(21)10-13-11-19(4)16(18-13)14(20)9-12-7-5-6-8-12;1-14-7-10(12)13-11(14)9(15)6-8-4-2-3-5-8;1-11(2,3)17-8(14)5-7-6-13(4)9(12-7)10(15)16;3-2(4,5)1(6)7/h11-12H,5-10H2,1-4H3;7-8H,2-6,12H2,1H3;6H,5H2,1-4H3,(H,15,16);(H,6,7). The number of esters is 2. The number of hydrogen-bond acceptors (Lipinski definition) is 12. The number of nitrogens with two attached hydrogens (primary N) is 1. The van der Waals surface area contributed by atoms with E-state index in [1.54, 1.807) is 56.4 Å². The molecule has 2 aliphatic carbocycles. The number of hydrogen-bond donors (Lipinski definition) is 3. The second-order valence-corrected chi connectivity index (χ2v) is 17.1. The van der Waals surface area contributed by atoms with Crippen molar-refractivity contribution in [2.75, 3.05) is 5.73 Å². The van der Waals surface area contributed by atoms with Crippen LogP contribution in [0, 0.1) is 11.8 Å². The first kappa shape index (κ1) is 51.6. The van der Waals surface area contributed by atoms with Crippen LogP contribution in [0.3, 0.4) is 0 Å². The summed E-state index contributed by atoms with van der Waals surface area (Å²) in [5, 5.41) is 15.9. The number of imidazole rings is 3. The lowest BCUT2D eigenvalue weighted by Crippen LogP contribution is -2.25.